The minimum absolute atomic E-state index is 0.157. The molecule has 2 N–H and O–H groups in total. The number of rotatable bonds is 4. The number of fused-ring (bicyclic) bond motifs is 1. The van der Waals surface area contributed by atoms with Crippen LogP contribution in [0, 0.1) is 0 Å². The van der Waals surface area contributed by atoms with E-state index in [1.807, 2.05) is 23.6 Å². The highest BCUT2D eigenvalue weighted by molar-refractivity contribution is 7.15. The summed E-state index contributed by atoms with van der Waals surface area (Å²) < 4.78 is 0. The molecule has 0 bridgehead atoms. The van der Waals surface area contributed by atoms with Gasteiger partial charge in [0.2, 0.25) is 0 Å². The fourth-order valence-electron chi connectivity index (χ4n) is 3.71. The second kappa shape index (κ2) is 7.37. The summed E-state index contributed by atoms with van der Waals surface area (Å²) in [5.74, 6) is -1.13. The zero-order valence-corrected chi connectivity index (χ0v) is 15.5. The van der Waals surface area contributed by atoms with E-state index in [0.717, 1.165) is 24.8 Å². The van der Waals surface area contributed by atoms with E-state index in [1.54, 1.807) is 24.3 Å². The predicted octanol–water partition coefficient (Wildman–Crippen LogP) is 4.97. The van der Waals surface area contributed by atoms with Crippen molar-refractivity contribution in [2.45, 2.75) is 25.2 Å². The molecule has 136 valence electrons. The summed E-state index contributed by atoms with van der Waals surface area (Å²) in [4.78, 5) is 24.4. The predicted molar refractivity (Wildman–Crippen MR) is 107 cm³/mol. The number of amides is 1. The van der Waals surface area contributed by atoms with E-state index < -0.39 is 5.97 Å². The molecule has 1 aliphatic carbocycles. The highest BCUT2D eigenvalue weighted by Crippen LogP contribution is 2.39. The van der Waals surface area contributed by atoms with Crippen molar-refractivity contribution in [1.82, 2.24) is 0 Å². The van der Waals surface area contributed by atoms with E-state index in [4.69, 9.17) is 0 Å². The van der Waals surface area contributed by atoms with Crippen LogP contribution in [0.5, 0.6) is 0 Å². The molecule has 3 aromatic rings. The molecule has 0 spiro atoms. The molecule has 1 amide bonds. The molecule has 4 nitrogen and oxygen atoms in total. The first-order chi connectivity index (χ1) is 13.1. The van der Waals surface area contributed by atoms with Crippen molar-refractivity contribution in [2.24, 2.45) is 0 Å². The molecule has 0 saturated heterocycles. The van der Waals surface area contributed by atoms with Gasteiger partial charge in [-0.05, 0) is 59.4 Å². The topological polar surface area (TPSA) is 66.4 Å². The molecule has 27 heavy (non-hydrogen) atoms. The maximum atomic E-state index is 12.4. The Labute approximate surface area is 161 Å². The Hall–Kier alpha value is -2.92. The number of aryl methyl sites for hydroxylation is 1. The fourth-order valence-corrected chi connectivity index (χ4v) is 4.74. The Morgan fingerprint density at radius 1 is 1.00 bits per heavy atom. The summed E-state index contributed by atoms with van der Waals surface area (Å²) in [5, 5.41) is 14.9. The van der Waals surface area contributed by atoms with Crippen LogP contribution in [0.1, 0.15) is 49.7 Å². The molecule has 0 radical (unpaired) electrons. The van der Waals surface area contributed by atoms with Crippen LogP contribution < -0.4 is 5.32 Å². The van der Waals surface area contributed by atoms with Crippen molar-refractivity contribution in [3.05, 3.63) is 87.8 Å². The lowest BCUT2D eigenvalue weighted by Gasteiger charge is -2.24. The molecule has 4 rings (SSSR count). The third kappa shape index (κ3) is 3.51. The largest absolute Gasteiger partial charge is 0.478 e. The van der Waals surface area contributed by atoms with E-state index in [1.165, 1.54) is 22.5 Å². The maximum absolute atomic E-state index is 12.4. The Balaban J connectivity index is 1.62. The molecule has 5 heteroatoms. The Morgan fingerprint density at radius 2 is 1.70 bits per heavy atom. The van der Waals surface area contributed by atoms with Gasteiger partial charge in [0, 0.05) is 5.56 Å². The summed E-state index contributed by atoms with van der Waals surface area (Å²) >= 11 is 1.29. The number of nitrogens with one attached hydrogen (secondary N) is 1. The second-order valence-corrected chi connectivity index (χ2v) is 7.61. The zero-order valence-electron chi connectivity index (χ0n) is 14.6. The number of benzene rings is 2. The molecule has 0 fully saturated rings. The third-order valence-corrected chi connectivity index (χ3v) is 6.00. The number of anilines is 1. The lowest BCUT2D eigenvalue weighted by atomic mass is 9.80. The van der Waals surface area contributed by atoms with Crippen molar-refractivity contribution in [3.8, 4) is 0 Å². The molecular formula is C22H19NO3S. The number of carbonyl (C=O) groups is 2. The summed E-state index contributed by atoms with van der Waals surface area (Å²) in [6.07, 6.45) is 2.70. The van der Waals surface area contributed by atoms with Crippen LogP contribution in [0.2, 0.25) is 0 Å². The van der Waals surface area contributed by atoms with Crippen LogP contribution >= 0.6 is 11.3 Å². The number of hydrogen-bond donors (Lipinski definition) is 2. The number of carboxylic acid groups (broad SMARTS) is 1. The fraction of sp³-hybridized carbons (Fsp3) is 0.182. The van der Waals surface area contributed by atoms with Gasteiger partial charge in [0.15, 0.2) is 0 Å². The van der Waals surface area contributed by atoms with E-state index >= 15 is 0 Å². The molecule has 1 heterocycles. The van der Waals surface area contributed by atoms with Crippen molar-refractivity contribution in [1.29, 1.82) is 0 Å². The van der Waals surface area contributed by atoms with Crippen LogP contribution in [0.3, 0.4) is 0 Å². The van der Waals surface area contributed by atoms with Gasteiger partial charge in [-0.25, -0.2) is 4.79 Å². The van der Waals surface area contributed by atoms with E-state index in [-0.39, 0.29) is 17.4 Å². The molecule has 1 aromatic heterocycles. The lowest BCUT2D eigenvalue weighted by molar-refractivity contribution is 0.0696. The number of carboxylic acids is 1. The minimum atomic E-state index is -0.992. The van der Waals surface area contributed by atoms with Crippen molar-refractivity contribution in [3.63, 3.8) is 0 Å². The van der Waals surface area contributed by atoms with Gasteiger partial charge in [0.05, 0.1) is 5.56 Å². The summed E-state index contributed by atoms with van der Waals surface area (Å²) in [6, 6.07) is 17.2. The summed E-state index contributed by atoms with van der Waals surface area (Å²) in [6.45, 7) is 0. The van der Waals surface area contributed by atoms with Gasteiger partial charge in [-0.3, -0.25) is 4.79 Å². The second-order valence-electron chi connectivity index (χ2n) is 6.73. The molecule has 0 aliphatic heterocycles. The first-order valence-corrected chi connectivity index (χ1v) is 9.79. The lowest BCUT2D eigenvalue weighted by Crippen LogP contribution is -2.17. The van der Waals surface area contributed by atoms with Gasteiger partial charge >= 0.3 is 5.97 Å². The molecule has 0 unspecified atom stereocenters. The Kier molecular flexibility index (Phi) is 4.77. The van der Waals surface area contributed by atoms with Gasteiger partial charge < -0.3 is 10.4 Å². The van der Waals surface area contributed by atoms with E-state index in [2.05, 4.69) is 17.4 Å². The van der Waals surface area contributed by atoms with Gasteiger partial charge in [0.25, 0.3) is 5.91 Å². The molecule has 1 aliphatic rings. The van der Waals surface area contributed by atoms with Crippen LogP contribution in [0.4, 0.5) is 5.00 Å². The smallest absolute Gasteiger partial charge is 0.339 e. The van der Waals surface area contributed by atoms with E-state index in [0.29, 0.717) is 10.6 Å². The highest BCUT2D eigenvalue weighted by Gasteiger charge is 2.28. The minimum Gasteiger partial charge on any atom is -0.478 e. The zero-order chi connectivity index (χ0) is 18.8. The number of thiophene rings is 1. The van der Waals surface area contributed by atoms with Crippen LogP contribution in [-0.4, -0.2) is 17.0 Å². The van der Waals surface area contributed by atoms with Crippen LogP contribution in [-0.2, 0) is 12.8 Å². The number of carbonyl (C=O) groups excluding carboxylic acids is 1. The highest BCUT2D eigenvalue weighted by atomic mass is 32.1. The maximum Gasteiger partial charge on any atom is 0.339 e. The quantitative estimate of drug-likeness (QED) is 0.674. The van der Waals surface area contributed by atoms with Crippen molar-refractivity contribution < 1.29 is 14.7 Å². The van der Waals surface area contributed by atoms with Crippen molar-refractivity contribution >= 4 is 28.2 Å². The van der Waals surface area contributed by atoms with Gasteiger partial charge in [-0.15, -0.1) is 11.3 Å². The average molecular weight is 377 g/mol. The summed E-state index contributed by atoms with van der Waals surface area (Å²) in [7, 11) is 0. The van der Waals surface area contributed by atoms with Gasteiger partial charge in [-0.1, -0.05) is 42.5 Å². The molecular weight excluding hydrogens is 358 g/mol. The monoisotopic (exact) mass is 377 g/mol. The number of aromatic carboxylic acids is 1. The average Bonchev–Trinajstić information content (AvgIpc) is 3.12. The van der Waals surface area contributed by atoms with Gasteiger partial charge in [0.1, 0.15) is 5.00 Å². The van der Waals surface area contributed by atoms with Crippen LogP contribution in [0.15, 0.2) is 60.0 Å². The Morgan fingerprint density at radius 3 is 2.44 bits per heavy atom. The Bertz CT molecular complexity index is 994. The van der Waals surface area contributed by atoms with Gasteiger partial charge in [-0.2, -0.15) is 0 Å². The molecule has 1 atom stereocenters. The standard InChI is InChI=1S/C22H19NO3S/c24-20(15-7-2-1-3-8-15)23-21-19(22(25)26)18(13-27-21)17-11-10-14-6-4-5-9-16(14)12-17/h1-9,13,17H,10-12H2,(H,23,24)(H,25,26)/t17-/m1/s1. The number of hydrogen-bond acceptors (Lipinski definition) is 3. The van der Waals surface area contributed by atoms with Crippen molar-refractivity contribution in [2.75, 3.05) is 5.32 Å². The SMILES string of the molecule is O=C(Nc1scc([C@@H]2CCc3ccccc3C2)c1C(=O)O)c1ccccc1. The first kappa shape index (κ1) is 17.5. The molecule has 2 aromatic carbocycles. The summed E-state index contributed by atoms with van der Waals surface area (Å²) in [5.41, 5.74) is 4.19. The normalized spacial score (nSPS) is 15.8. The first-order valence-electron chi connectivity index (χ1n) is 8.91. The third-order valence-electron chi connectivity index (χ3n) is 5.08. The molecule has 0 saturated carbocycles. The van der Waals surface area contributed by atoms with E-state index in [9.17, 15) is 14.7 Å². The van der Waals surface area contributed by atoms with Crippen LogP contribution in [0.25, 0.3) is 0 Å².